The maximum atomic E-state index is 11.9. The number of pyridine rings is 1. The van der Waals surface area contributed by atoms with E-state index < -0.39 is 0 Å². The molecule has 1 heterocycles. The normalized spacial score (nSPS) is 10.1. The largest absolute Gasteiger partial charge is 0.496 e. The molecule has 2 aromatic rings. The van der Waals surface area contributed by atoms with E-state index in [9.17, 15) is 4.79 Å². The van der Waals surface area contributed by atoms with Crippen LogP contribution in [-0.2, 0) is 11.2 Å². The average molecular weight is 270 g/mol. The van der Waals surface area contributed by atoms with E-state index in [0.717, 1.165) is 22.6 Å². The number of aryl methyl sites for hydroxylation is 2. The highest BCUT2D eigenvalue weighted by molar-refractivity contribution is 5.90. The lowest BCUT2D eigenvalue weighted by Crippen LogP contribution is -2.12. The number of anilines is 1. The van der Waals surface area contributed by atoms with Crippen LogP contribution < -0.4 is 10.1 Å². The predicted octanol–water partition coefficient (Wildman–Crippen LogP) is 2.97. The highest BCUT2D eigenvalue weighted by atomic mass is 16.5. The molecule has 4 heteroatoms. The summed E-state index contributed by atoms with van der Waals surface area (Å²) in [4.78, 5) is 16.0. The van der Waals surface area contributed by atoms with Crippen LogP contribution in [0.4, 0.5) is 5.69 Å². The fourth-order valence-electron chi connectivity index (χ4n) is 2.00. The molecule has 4 nitrogen and oxygen atoms in total. The zero-order valence-electron chi connectivity index (χ0n) is 11.7. The molecule has 104 valence electrons. The molecule has 0 atom stereocenters. The van der Waals surface area contributed by atoms with Crippen LogP contribution in [0.1, 0.15) is 17.5 Å². The maximum Gasteiger partial charge on any atom is 0.224 e. The van der Waals surface area contributed by atoms with Crippen molar-refractivity contribution in [3.8, 4) is 5.75 Å². The molecule has 2 rings (SSSR count). The quantitative estimate of drug-likeness (QED) is 0.908. The van der Waals surface area contributed by atoms with E-state index >= 15 is 0 Å². The second-order valence-corrected chi connectivity index (χ2v) is 4.61. The van der Waals surface area contributed by atoms with Crippen molar-refractivity contribution in [2.45, 2.75) is 19.8 Å². The lowest BCUT2D eigenvalue weighted by atomic mass is 10.1. The fraction of sp³-hybridized carbons (Fsp3) is 0.250. The Morgan fingerprint density at radius 2 is 2.10 bits per heavy atom. The Labute approximate surface area is 118 Å². The number of ether oxygens (including phenoxy) is 1. The van der Waals surface area contributed by atoms with Gasteiger partial charge in [0.25, 0.3) is 0 Å². The van der Waals surface area contributed by atoms with Crippen LogP contribution in [0.2, 0.25) is 0 Å². The monoisotopic (exact) mass is 270 g/mol. The molecular formula is C16H18N2O2. The highest BCUT2D eigenvalue weighted by Crippen LogP contribution is 2.19. The van der Waals surface area contributed by atoms with Gasteiger partial charge < -0.3 is 10.1 Å². The van der Waals surface area contributed by atoms with Crippen molar-refractivity contribution in [2.24, 2.45) is 0 Å². The van der Waals surface area contributed by atoms with Gasteiger partial charge in [-0.05, 0) is 36.6 Å². The van der Waals surface area contributed by atoms with Crippen LogP contribution in [0, 0.1) is 6.92 Å². The molecule has 1 aromatic heterocycles. The minimum absolute atomic E-state index is 0.0247. The van der Waals surface area contributed by atoms with E-state index in [4.69, 9.17) is 4.74 Å². The van der Waals surface area contributed by atoms with E-state index in [1.54, 1.807) is 19.5 Å². The Balaban J connectivity index is 1.92. The number of amides is 1. The third-order valence-corrected chi connectivity index (χ3v) is 2.97. The fourth-order valence-corrected chi connectivity index (χ4v) is 2.00. The smallest absolute Gasteiger partial charge is 0.224 e. The number of carbonyl (C=O) groups is 1. The number of rotatable bonds is 5. The number of nitrogens with zero attached hydrogens (tertiary/aromatic N) is 1. The number of hydrogen-bond donors (Lipinski definition) is 1. The zero-order chi connectivity index (χ0) is 14.4. The number of aromatic nitrogens is 1. The van der Waals surface area contributed by atoms with Gasteiger partial charge in [-0.3, -0.25) is 9.78 Å². The van der Waals surface area contributed by atoms with Gasteiger partial charge >= 0.3 is 0 Å². The zero-order valence-corrected chi connectivity index (χ0v) is 11.7. The first-order chi connectivity index (χ1) is 9.69. The third kappa shape index (κ3) is 3.82. The van der Waals surface area contributed by atoms with Crippen LogP contribution in [0.5, 0.6) is 5.75 Å². The summed E-state index contributed by atoms with van der Waals surface area (Å²) in [5, 5.41) is 2.85. The molecule has 0 aliphatic rings. The Bertz CT molecular complexity index is 597. The summed E-state index contributed by atoms with van der Waals surface area (Å²) in [5.41, 5.74) is 2.79. The van der Waals surface area contributed by atoms with Gasteiger partial charge in [0, 0.05) is 12.6 Å². The maximum absolute atomic E-state index is 11.9. The van der Waals surface area contributed by atoms with Crippen LogP contribution in [0.15, 0.2) is 42.7 Å². The molecule has 1 aromatic carbocycles. The Kier molecular flexibility index (Phi) is 4.71. The summed E-state index contributed by atoms with van der Waals surface area (Å²) in [6.07, 6.45) is 4.46. The van der Waals surface area contributed by atoms with Crippen LogP contribution in [0.3, 0.4) is 0 Å². The summed E-state index contributed by atoms with van der Waals surface area (Å²) in [6, 6.07) is 9.63. The minimum Gasteiger partial charge on any atom is -0.496 e. The molecule has 0 fully saturated rings. The number of methoxy groups -OCH3 is 1. The number of hydrogen-bond acceptors (Lipinski definition) is 3. The highest BCUT2D eigenvalue weighted by Gasteiger charge is 2.06. The molecule has 0 radical (unpaired) electrons. The Morgan fingerprint density at radius 3 is 2.85 bits per heavy atom. The Morgan fingerprint density at radius 1 is 1.30 bits per heavy atom. The van der Waals surface area contributed by atoms with Crippen LogP contribution in [-0.4, -0.2) is 18.0 Å². The van der Waals surface area contributed by atoms with E-state index in [2.05, 4.69) is 10.3 Å². The molecule has 0 aliphatic heterocycles. The molecule has 0 unspecified atom stereocenters. The summed E-state index contributed by atoms with van der Waals surface area (Å²) >= 11 is 0. The van der Waals surface area contributed by atoms with Crippen molar-refractivity contribution in [3.63, 3.8) is 0 Å². The molecule has 0 aliphatic carbocycles. The van der Waals surface area contributed by atoms with E-state index in [-0.39, 0.29) is 5.91 Å². The SMILES string of the molecule is COc1ccccc1CCC(=O)Nc1cncc(C)c1. The van der Waals surface area contributed by atoms with E-state index in [1.807, 2.05) is 37.3 Å². The lowest BCUT2D eigenvalue weighted by molar-refractivity contribution is -0.116. The molecule has 1 N–H and O–H groups in total. The molecular weight excluding hydrogens is 252 g/mol. The summed E-state index contributed by atoms with van der Waals surface area (Å²) < 4.78 is 5.27. The van der Waals surface area contributed by atoms with Gasteiger partial charge in [0.15, 0.2) is 0 Å². The van der Waals surface area contributed by atoms with Gasteiger partial charge in [-0.15, -0.1) is 0 Å². The summed E-state index contributed by atoms with van der Waals surface area (Å²) in [5.74, 6) is 0.792. The summed E-state index contributed by atoms with van der Waals surface area (Å²) in [7, 11) is 1.64. The van der Waals surface area contributed by atoms with Crippen molar-refractivity contribution < 1.29 is 9.53 Å². The van der Waals surface area contributed by atoms with E-state index in [1.165, 1.54) is 0 Å². The number of para-hydroxylation sites is 1. The van der Waals surface area contributed by atoms with Gasteiger partial charge in [0.05, 0.1) is 19.0 Å². The van der Waals surface area contributed by atoms with Gasteiger partial charge in [-0.25, -0.2) is 0 Å². The average Bonchev–Trinajstić information content (AvgIpc) is 2.45. The van der Waals surface area contributed by atoms with Crippen molar-refractivity contribution in [1.82, 2.24) is 4.98 Å². The van der Waals surface area contributed by atoms with Crippen molar-refractivity contribution >= 4 is 11.6 Å². The van der Waals surface area contributed by atoms with Gasteiger partial charge in [-0.2, -0.15) is 0 Å². The first-order valence-electron chi connectivity index (χ1n) is 6.52. The molecule has 0 spiro atoms. The molecule has 0 saturated heterocycles. The van der Waals surface area contributed by atoms with Crippen LogP contribution in [0.25, 0.3) is 0 Å². The molecule has 20 heavy (non-hydrogen) atoms. The number of benzene rings is 1. The van der Waals surface area contributed by atoms with E-state index in [0.29, 0.717) is 12.8 Å². The molecule has 0 bridgehead atoms. The molecule has 0 saturated carbocycles. The standard InChI is InChI=1S/C16H18N2O2/c1-12-9-14(11-17-10-12)18-16(19)8-7-13-5-3-4-6-15(13)20-2/h3-6,9-11H,7-8H2,1-2H3,(H,18,19). The third-order valence-electron chi connectivity index (χ3n) is 2.97. The lowest BCUT2D eigenvalue weighted by Gasteiger charge is -2.08. The first kappa shape index (κ1) is 14.1. The number of nitrogens with one attached hydrogen (secondary N) is 1. The van der Waals surface area contributed by atoms with Crippen LogP contribution >= 0.6 is 0 Å². The molecule has 1 amide bonds. The van der Waals surface area contributed by atoms with Crippen molar-refractivity contribution in [1.29, 1.82) is 0 Å². The second kappa shape index (κ2) is 6.70. The first-order valence-corrected chi connectivity index (χ1v) is 6.52. The van der Waals surface area contributed by atoms with Crippen molar-refractivity contribution in [2.75, 3.05) is 12.4 Å². The Hall–Kier alpha value is -2.36. The topological polar surface area (TPSA) is 51.2 Å². The van der Waals surface area contributed by atoms with Gasteiger partial charge in [0.2, 0.25) is 5.91 Å². The van der Waals surface area contributed by atoms with Crippen molar-refractivity contribution in [3.05, 3.63) is 53.9 Å². The van der Waals surface area contributed by atoms with Gasteiger partial charge in [-0.1, -0.05) is 18.2 Å². The number of carbonyl (C=O) groups excluding carboxylic acids is 1. The predicted molar refractivity (Wildman–Crippen MR) is 78.9 cm³/mol. The minimum atomic E-state index is -0.0247. The second-order valence-electron chi connectivity index (χ2n) is 4.61. The van der Waals surface area contributed by atoms with Gasteiger partial charge in [0.1, 0.15) is 5.75 Å². The summed E-state index contributed by atoms with van der Waals surface area (Å²) in [6.45, 7) is 1.94.